The summed E-state index contributed by atoms with van der Waals surface area (Å²) in [5, 5.41) is 2.93. The minimum Gasteiger partial charge on any atom is -0.436 e. The lowest BCUT2D eigenvalue weighted by Gasteiger charge is -2.10. The third-order valence-electron chi connectivity index (χ3n) is 3.56. The van der Waals surface area contributed by atoms with Crippen molar-refractivity contribution in [2.75, 3.05) is 5.32 Å². The van der Waals surface area contributed by atoms with Gasteiger partial charge in [0.2, 0.25) is 11.8 Å². The highest BCUT2D eigenvalue weighted by Crippen LogP contribution is 2.31. The molecular formula is C18H18N2O2. The normalized spacial score (nSPS) is 11.1. The van der Waals surface area contributed by atoms with Gasteiger partial charge in [-0.15, -0.1) is 0 Å². The van der Waals surface area contributed by atoms with E-state index in [1.165, 1.54) is 0 Å². The summed E-state index contributed by atoms with van der Waals surface area (Å²) in [6.45, 7) is 5.72. The van der Waals surface area contributed by atoms with Gasteiger partial charge in [0.15, 0.2) is 5.58 Å². The second-order valence-electron chi connectivity index (χ2n) is 5.63. The van der Waals surface area contributed by atoms with Crippen LogP contribution < -0.4 is 5.32 Å². The Balaban J connectivity index is 2.07. The first-order valence-electron chi connectivity index (χ1n) is 7.32. The first-order valence-corrected chi connectivity index (χ1v) is 7.32. The highest BCUT2D eigenvalue weighted by atomic mass is 16.3. The van der Waals surface area contributed by atoms with Crippen LogP contribution in [-0.2, 0) is 4.79 Å². The van der Waals surface area contributed by atoms with Crippen LogP contribution in [-0.4, -0.2) is 10.9 Å². The van der Waals surface area contributed by atoms with E-state index in [1.54, 1.807) is 0 Å². The van der Waals surface area contributed by atoms with Crippen molar-refractivity contribution in [1.29, 1.82) is 0 Å². The van der Waals surface area contributed by atoms with E-state index in [9.17, 15) is 4.79 Å². The summed E-state index contributed by atoms with van der Waals surface area (Å²) in [6.07, 6.45) is 0. The summed E-state index contributed by atoms with van der Waals surface area (Å²) < 4.78 is 5.86. The molecule has 0 bridgehead atoms. The molecule has 0 saturated carbocycles. The lowest BCUT2D eigenvalue weighted by atomic mass is 10.1. The molecule has 0 atom stereocenters. The molecule has 112 valence electrons. The molecule has 0 unspecified atom stereocenters. The fourth-order valence-electron chi connectivity index (χ4n) is 2.26. The molecule has 1 amide bonds. The molecule has 3 aromatic rings. The molecule has 3 rings (SSSR count). The van der Waals surface area contributed by atoms with Gasteiger partial charge in [-0.3, -0.25) is 4.79 Å². The number of aromatic nitrogens is 1. The molecule has 0 aliphatic heterocycles. The van der Waals surface area contributed by atoms with Gasteiger partial charge >= 0.3 is 0 Å². The maximum atomic E-state index is 12.0. The van der Waals surface area contributed by atoms with Crippen LogP contribution in [0.2, 0.25) is 0 Å². The quantitative estimate of drug-likeness (QED) is 0.779. The summed E-state index contributed by atoms with van der Waals surface area (Å²) in [7, 11) is 0. The summed E-state index contributed by atoms with van der Waals surface area (Å²) in [5.74, 6) is 0.405. The highest BCUT2D eigenvalue weighted by Gasteiger charge is 2.15. The number of fused-ring (bicyclic) bond motifs is 1. The molecule has 4 nitrogen and oxygen atoms in total. The molecule has 1 N–H and O–H groups in total. The summed E-state index contributed by atoms with van der Waals surface area (Å²) in [4.78, 5) is 16.5. The Morgan fingerprint density at radius 2 is 1.91 bits per heavy atom. The summed E-state index contributed by atoms with van der Waals surface area (Å²) in [6, 6.07) is 13.4. The highest BCUT2D eigenvalue weighted by molar-refractivity contribution is 5.96. The number of benzene rings is 2. The number of nitrogens with zero attached hydrogens (tertiary/aromatic N) is 1. The zero-order valence-corrected chi connectivity index (χ0v) is 12.9. The number of hydrogen-bond donors (Lipinski definition) is 1. The van der Waals surface area contributed by atoms with Crippen LogP contribution in [0.25, 0.3) is 22.6 Å². The minimum atomic E-state index is -0.0843. The Hall–Kier alpha value is -2.62. The van der Waals surface area contributed by atoms with E-state index < -0.39 is 0 Å². The van der Waals surface area contributed by atoms with Crippen molar-refractivity contribution < 1.29 is 9.21 Å². The van der Waals surface area contributed by atoms with E-state index in [0.717, 1.165) is 22.2 Å². The smallest absolute Gasteiger partial charge is 0.229 e. The molecule has 4 heteroatoms. The molecule has 0 aliphatic carbocycles. The van der Waals surface area contributed by atoms with Crippen molar-refractivity contribution in [2.45, 2.75) is 20.8 Å². The lowest BCUT2D eigenvalue weighted by Crippen LogP contribution is -2.18. The monoisotopic (exact) mass is 294 g/mol. The molecule has 0 aliphatic rings. The van der Waals surface area contributed by atoms with Crippen LogP contribution in [0.4, 0.5) is 5.69 Å². The number of para-hydroxylation sites is 2. The van der Waals surface area contributed by atoms with Gasteiger partial charge in [-0.2, -0.15) is 0 Å². The minimum absolute atomic E-state index is 0.0280. The second kappa shape index (κ2) is 5.64. The fraction of sp³-hybridized carbons (Fsp3) is 0.222. The Labute approximate surface area is 129 Å². The van der Waals surface area contributed by atoms with E-state index in [4.69, 9.17) is 4.42 Å². The van der Waals surface area contributed by atoms with Gasteiger partial charge in [0.25, 0.3) is 0 Å². The maximum absolute atomic E-state index is 12.0. The average molecular weight is 294 g/mol. The van der Waals surface area contributed by atoms with Crippen molar-refractivity contribution in [3.05, 3.63) is 48.0 Å². The molecule has 2 aromatic carbocycles. The van der Waals surface area contributed by atoms with Crippen molar-refractivity contribution in [1.82, 2.24) is 4.98 Å². The van der Waals surface area contributed by atoms with Crippen LogP contribution in [0, 0.1) is 12.8 Å². The van der Waals surface area contributed by atoms with Crippen LogP contribution in [0.1, 0.15) is 19.4 Å². The number of carbonyl (C=O) groups excluding carboxylic acids is 1. The van der Waals surface area contributed by atoms with Crippen LogP contribution in [0.3, 0.4) is 0 Å². The number of hydrogen-bond acceptors (Lipinski definition) is 3. The number of nitrogens with one attached hydrogen (secondary N) is 1. The number of anilines is 1. The van der Waals surface area contributed by atoms with Crippen LogP contribution in [0.5, 0.6) is 0 Å². The van der Waals surface area contributed by atoms with Gasteiger partial charge in [-0.25, -0.2) is 4.98 Å². The van der Waals surface area contributed by atoms with E-state index in [2.05, 4.69) is 10.3 Å². The van der Waals surface area contributed by atoms with Gasteiger partial charge in [0.1, 0.15) is 5.52 Å². The maximum Gasteiger partial charge on any atom is 0.229 e. The molecule has 0 saturated heterocycles. The standard InChI is InChI=1S/C18H18N2O2/c1-11(2)17(21)19-14-9-5-4-8-13(14)18-20-16-12(3)7-6-10-15(16)22-18/h4-11H,1-3H3,(H,19,21). The number of oxazole rings is 1. The van der Waals surface area contributed by atoms with E-state index in [0.29, 0.717) is 11.6 Å². The Kier molecular flexibility index (Phi) is 3.67. The first kappa shape index (κ1) is 14.3. The SMILES string of the molecule is Cc1cccc2oc(-c3ccccc3NC(=O)C(C)C)nc12. The summed E-state index contributed by atoms with van der Waals surface area (Å²) in [5.41, 5.74) is 4.16. The van der Waals surface area contributed by atoms with Gasteiger partial charge < -0.3 is 9.73 Å². The number of rotatable bonds is 3. The molecule has 1 heterocycles. The van der Waals surface area contributed by atoms with Gasteiger partial charge in [-0.05, 0) is 30.7 Å². The zero-order valence-electron chi connectivity index (χ0n) is 12.9. The van der Waals surface area contributed by atoms with Gasteiger partial charge in [0, 0.05) is 5.92 Å². The van der Waals surface area contributed by atoms with Crippen molar-refractivity contribution in [3.8, 4) is 11.5 Å². The van der Waals surface area contributed by atoms with Crippen LogP contribution in [0.15, 0.2) is 46.9 Å². The predicted molar refractivity (Wildman–Crippen MR) is 87.6 cm³/mol. The Bertz CT molecular complexity index is 834. The second-order valence-corrected chi connectivity index (χ2v) is 5.63. The van der Waals surface area contributed by atoms with E-state index in [1.807, 2.05) is 63.2 Å². The fourth-order valence-corrected chi connectivity index (χ4v) is 2.26. The third kappa shape index (κ3) is 2.60. The van der Waals surface area contributed by atoms with Crippen molar-refractivity contribution in [3.63, 3.8) is 0 Å². The van der Waals surface area contributed by atoms with E-state index in [-0.39, 0.29) is 11.8 Å². The van der Waals surface area contributed by atoms with Crippen molar-refractivity contribution >= 4 is 22.7 Å². The Morgan fingerprint density at radius 1 is 1.14 bits per heavy atom. The predicted octanol–water partition coefficient (Wildman–Crippen LogP) is 4.40. The zero-order chi connectivity index (χ0) is 15.7. The largest absolute Gasteiger partial charge is 0.436 e. The molecule has 0 radical (unpaired) electrons. The summed E-state index contributed by atoms with van der Waals surface area (Å²) >= 11 is 0. The molecular weight excluding hydrogens is 276 g/mol. The molecule has 1 aromatic heterocycles. The molecule has 0 fully saturated rings. The molecule has 0 spiro atoms. The number of amides is 1. The number of aryl methyl sites for hydroxylation is 1. The van der Waals surface area contributed by atoms with Gasteiger partial charge in [-0.1, -0.05) is 38.1 Å². The van der Waals surface area contributed by atoms with Gasteiger partial charge in [0.05, 0.1) is 11.3 Å². The Morgan fingerprint density at radius 3 is 2.64 bits per heavy atom. The third-order valence-corrected chi connectivity index (χ3v) is 3.56. The van der Waals surface area contributed by atoms with Crippen LogP contribution >= 0.6 is 0 Å². The first-order chi connectivity index (χ1) is 10.6. The number of carbonyl (C=O) groups is 1. The average Bonchev–Trinajstić information content (AvgIpc) is 2.93. The van der Waals surface area contributed by atoms with Crippen molar-refractivity contribution in [2.24, 2.45) is 5.92 Å². The van der Waals surface area contributed by atoms with E-state index >= 15 is 0 Å². The topological polar surface area (TPSA) is 55.1 Å². The lowest BCUT2D eigenvalue weighted by molar-refractivity contribution is -0.118. The molecule has 22 heavy (non-hydrogen) atoms.